The molecule has 21 heavy (non-hydrogen) atoms. The van der Waals surface area contributed by atoms with Crippen molar-refractivity contribution in [3.63, 3.8) is 0 Å². The molecule has 1 aromatic rings. The van der Waals surface area contributed by atoms with E-state index in [-0.39, 0.29) is 25.0 Å². The maximum Gasteiger partial charge on any atom is 0.315 e. The van der Waals surface area contributed by atoms with Crippen LogP contribution in [0.3, 0.4) is 0 Å². The van der Waals surface area contributed by atoms with E-state index in [9.17, 15) is 4.79 Å². The minimum atomic E-state index is -0.185. The lowest BCUT2D eigenvalue weighted by atomic mass is 10.1. The molecule has 2 heterocycles. The van der Waals surface area contributed by atoms with Crippen LogP contribution in [0.15, 0.2) is 18.2 Å². The van der Waals surface area contributed by atoms with Crippen LogP contribution in [0.25, 0.3) is 0 Å². The van der Waals surface area contributed by atoms with Crippen LogP contribution in [0, 0.1) is 0 Å². The maximum absolute atomic E-state index is 11.9. The van der Waals surface area contributed by atoms with Gasteiger partial charge < -0.3 is 24.8 Å². The molecule has 0 saturated carbocycles. The van der Waals surface area contributed by atoms with Crippen LogP contribution in [0.2, 0.25) is 0 Å². The van der Waals surface area contributed by atoms with Crippen molar-refractivity contribution < 1.29 is 19.0 Å². The van der Waals surface area contributed by atoms with Crippen LogP contribution >= 0.6 is 0 Å². The molecule has 0 aliphatic carbocycles. The molecular formula is C15H20N2O4. The average Bonchev–Trinajstić information content (AvgIpc) is 3.15. The van der Waals surface area contributed by atoms with Crippen molar-refractivity contribution in [2.75, 3.05) is 13.4 Å². The SMILES string of the molecule is C[C@@H](NC(=O)NCc1ccc2c(c1)OCO2)[C@H]1CCCO1. The lowest BCUT2D eigenvalue weighted by Gasteiger charge is -2.20. The van der Waals surface area contributed by atoms with Gasteiger partial charge in [-0.05, 0) is 37.5 Å². The summed E-state index contributed by atoms with van der Waals surface area (Å²) in [7, 11) is 0. The van der Waals surface area contributed by atoms with Gasteiger partial charge in [0.1, 0.15) is 0 Å². The third-order valence-electron chi connectivity index (χ3n) is 3.77. The molecule has 2 aliphatic rings. The lowest BCUT2D eigenvalue weighted by Crippen LogP contribution is -2.45. The molecule has 0 aromatic heterocycles. The van der Waals surface area contributed by atoms with Crippen LogP contribution in [-0.2, 0) is 11.3 Å². The highest BCUT2D eigenvalue weighted by Crippen LogP contribution is 2.32. The largest absolute Gasteiger partial charge is 0.454 e. The van der Waals surface area contributed by atoms with Gasteiger partial charge in [-0.25, -0.2) is 4.79 Å². The number of ether oxygens (including phenoxy) is 3. The van der Waals surface area contributed by atoms with Crippen LogP contribution < -0.4 is 20.1 Å². The molecule has 2 amide bonds. The first kappa shape index (κ1) is 14.0. The molecule has 3 rings (SSSR count). The monoisotopic (exact) mass is 292 g/mol. The molecule has 2 N–H and O–H groups in total. The molecular weight excluding hydrogens is 272 g/mol. The number of nitrogens with one attached hydrogen (secondary N) is 2. The van der Waals surface area contributed by atoms with Crippen molar-refractivity contribution in [3.8, 4) is 11.5 Å². The number of benzene rings is 1. The zero-order valence-electron chi connectivity index (χ0n) is 12.1. The summed E-state index contributed by atoms with van der Waals surface area (Å²) >= 11 is 0. The summed E-state index contributed by atoms with van der Waals surface area (Å²) in [5, 5.41) is 5.76. The maximum atomic E-state index is 11.9. The Morgan fingerprint density at radius 2 is 2.24 bits per heavy atom. The second-order valence-electron chi connectivity index (χ2n) is 5.35. The molecule has 1 aromatic carbocycles. The number of carbonyl (C=O) groups excluding carboxylic acids is 1. The summed E-state index contributed by atoms with van der Waals surface area (Å²) in [5.41, 5.74) is 0.971. The van der Waals surface area contributed by atoms with Crippen molar-refractivity contribution in [2.24, 2.45) is 0 Å². The third-order valence-corrected chi connectivity index (χ3v) is 3.77. The normalized spacial score (nSPS) is 21.1. The van der Waals surface area contributed by atoms with Crippen molar-refractivity contribution in [1.29, 1.82) is 0 Å². The van der Waals surface area contributed by atoms with Gasteiger partial charge in [-0.15, -0.1) is 0 Å². The van der Waals surface area contributed by atoms with Crippen molar-refractivity contribution in [3.05, 3.63) is 23.8 Å². The lowest BCUT2D eigenvalue weighted by molar-refractivity contribution is 0.0860. The highest BCUT2D eigenvalue weighted by Gasteiger charge is 2.23. The van der Waals surface area contributed by atoms with Crippen molar-refractivity contribution >= 4 is 6.03 Å². The van der Waals surface area contributed by atoms with E-state index in [0.29, 0.717) is 6.54 Å². The Kier molecular flexibility index (Phi) is 4.15. The fourth-order valence-corrected chi connectivity index (χ4v) is 2.58. The molecule has 6 nitrogen and oxygen atoms in total. The predicted molar refractivity (Wildman–Crippen MR) is 76.4 cm³/mol. The second-order valence-corrected chi connectivity index (χ2v) is 5.35. The third kappa shape index (κ3) is 3.39. The van der Waals surface area contributed by atoms with E-state index in [1.54, 1.807) is 0 Å². The fourth-order valence-electron chi connectivity index (χ4n) is 2.58. The summed E-state index contributed by atoms with van der Waals surface area (Å²) < 4.78 is 16.1. The Bertz CT molecular complexity index is 514. The van der Waals surface area contributed by atoms with E-state index in [1.165, 1.54) is 0 Å². The predicted octanol–water partition coefficient (Wildman–Crippen LogP) is 1.78. The minimum absolute atomic E-state index is 0.0178. The summed E-state index contributed by atoms with van der Waals surface area (Å²) in [6, 6.07) is 5.48. The van der Waals surface area contributed by atoms with E-state index >= 15 is 0 Å². The summed E-state index contributed by atoms with van der Waals surface area (Å²) in [4.78, 5) is 11.9. The summed E-state index contributed by atoms with van der Waals surface area (Å²) in [6.07, 6.45) is 2.19. The van der Waals surface area contributed by atoms with Crippen molar-refractivity contribution in [1.82, 2.24) is 10.6 Å². The van der Waals surface area contributed by atoms with E-state index in [0.717, 1.165) is 36.5 Å². The zero-order chi connectivity index (χ0) is 14.7. The number of hydrogen-bond acceptors (Lipinski definition) is 4. The minimum Gasteiger partial charge on any atom is -0.454 e. The average molecular weight is 292 g/mol. The van der Waals surface area contributed by atoms with E-state index < -0.39 is 0 Å². The number of amides is 2. The van der Waals surface area contributed by atoms with Crippen molar-refractivity contribution in [2.45, 2.75) is 38.5 Å². The molecule has 1 fully saturated rings. The van der Waals surface area contributed by atoms with Gasteiger partial charge in [0, 0.05) is 13.2 Å². The van der Waals surface area contributed by atoms with Gasteiger partial charge in [-0.3, -0.25) is 0 Å². The molecule has 0 unspecified atom stereocenters. The molecule has 114 valence electrons. The van der Waals surface area contributed by atoms with Gasteiger partial charge in [0.15, 0.2) is 11.5 Å². The standard InChI is InChI=1S/C15H20N2O4/c1-10(12-3-2-6-19-12)17-15(18)16-8-11-4-5-13-14(7-11)21-9-20-13/h4-5,7,10,12H,2-3,6,8-9H2,1H3,(H2,16,17,18)/t10-,12-/m1/s1. The Morgan fingerprint density at radius 1 is 1.38 bits per heavy atom. The van der Waals surface area contributed by atoms with E-state index in [4.69, 9.17) is 14.2 Å². The summed E-state index contributed by atoms with van der Waals surface area (Å²) in [5.74, 6) is 1.47. The Hall–Kier alpha value is -1.95. The molecule has 2 atom stereocenters. The smallest absolute Gasteiger partial charge is 0.315 e. The molecule has 6 heteroatoms. The molecule has 0 spiro atoms. The molecule has 1 saturated heterocycles. The quantitative estimate of drug-likeness (QED) is 0.887. The number of fused-ring (bicyclic) bond motifs is 1. The summed E-state index contributed by atoms with van der Waals surface area (Å²) in [6.45, 7) is 3.46. The van der Waals surface area contributed by atoms with Crippen LogP contribution in [-0.4, -0.2) is 31.6 Å². The fraction of sp³-hybridized carbons (Fsp3) is 0.533. The Balaban J connectivity index is 1.47. The van der Waals surface area contributed by atoms with Gasteiger partial charge in [0.05, 0.1) is 12.1 Å². The number of carbonyl (C=O) groups is 1. The zero-order valence-corrected chi connectivity index (χ0v) is 12.1. The van der Waals surface area contributed by atoms with Crippen LogP contribution in [0.5, 0.6) is 11.5 Å². The highest BCUT2D eigenvalue weighted by atomic mass is 16.7. The van der Waals surface area contributed by atoms with E-state index in [2.05, 4.69) is 10.6 Å². The molecule has 0 bridgehead atoms. The first-order valence-electron chi connectivity index (χ1n) is 7.27. The molecule has 0 radical (unpaired) electrons. The molecule has 2 aliphatic heterocycles. The second kappa shape index (κ2) is 6.22. The number of hydrogen-bond donors (Lipinski definition) is 2. The Morgan fingerprint density at radius 3 is 3.05 bits per heavy atom. The van der Waals surface area contributed by atoms with Crippen LogP contribution in [0.1, 0.15) is 25.3 Å². The highest BCUT2D eigenvalue weighted by molar-refractivity contribution is 5.74. The number of urea groups is 1. The first-order chi connectivity index (χ1) is 10.2. The topological polar surface area (TPSA) is 68.8 Å². The van der Waals surface area contributed by atoms with Gasteiger partial charge in [-0.2, -0.15) is 0 Å². The van der Waals surface area contributed by atoms with Gasteiger partial charge >= 0.3 is 6.03 Å². The van der Waals surface area contributed by atoms with E-state index in [1.807, 2.05) is 25.1 Å². The van der Waals surface area contributed by atoms with Gasteiger partial charge in [0.2, 0.25) is 6.79 Å². The van der Waals surface area contributed by atoms with Crippen LogP contribution in [0.4, 0.5) is 4.79 Å². The number of rotatable bonds is 4. The Labute approximate surface area is 123 Å². The first-order valence-corrected chi connectivity index (χ1v) is 7.27. The van der Waals surface area contributed by atoms with Gasteiger partial charge in [-0.1, -0.05) is 6.07 Å². The van der Waals surface area contributed by atoms with Gasteiger partial charge in [0.25, 0.3) is 0 Å².